The van der Waals surface area contributed by atoms with Crippen molar-refractivity contribution in [3.05, 3.63) is 53.2 Å². The molecule has 3 fully saturated rings. The third kappa shape index (κ3) is 6.01. The molecule has 0 aliphatic carbocycles. The molecule has 278 valence electrons. The van der Waals surface area contributed by atoms with Gasteiger partial charge in [-0.1, -0.05) is 37.1 Å². The molecule has 6 heterocycles. The SMILES string of the molecule is C#Cc1c(F)ccc2cccc(-c3nc4c5c(nc(OC[C@@]67CCCN6C[C@H](F)C7)nc5c3F)N3CCN(C(=O)OC(C)(C)C)[C@@H](C)[C@@H]3[C@@H](C)CC4)c12. The molecule has 3 saturated heterocycles. The zero-order valence-electron chi connectivity index (χ0n) is 30.9. The minimum Gasteiger partial charge on any atom is -0.461 e. The number of amides is 1. The molecule has 4 aromatic rings. The molecule has 4 aliphatic heterocycles. The number of alkyl halides is 1. The van der Waals surface area contributed by atoms with Crippen LogP contribution in [0.15, 0.2) is 30.3 Å². The Morgan fingerprint density at radius 2 is 1.89 bits per heavy atom. The number of piperazine rings is 1. The van der Waals surface area contributed by atoms with Gasteiger partial charge in [0.1, 0.15) is 41.2 Å². The standard InChI is InChI=1S/C41H45F3N6O3/c1-7-27-29(43)14-13-25-10-8-11-28(31(25)27)34-33(44)35-32-30(45-34)15-12-23(2)36-24(3)49(39(51)53-40(4,5)6)18-19-50(36)37(32)47-38(46-35)52-22-41-16-9-17-48(41)21-26(42)20-41/h1,8,10-11,13-14,23-24,26,36H,9,12,15-22H2,2-6H3/t23-,24-,26+,36-,41-/m0/s1. The lowest BCUT2D eigenvalue weighted by molar-refractivity contribution is 0.00817. The van der Waals surface area contributed by atoms with Crippen molar-refractivity contribution in [1.82, 2.24) is 24.8 Å². The van der Waals surface area contributed by atoms with Gasteiger partial charge in [0.15, 0.2) is 5.82 Å². The van der Waals surface area contributed by atoms with Crippen molar-refractivity contribution in [3.8, 4) is 29.6 Å². The summed E-state index contributed by atoms with van der Waals surface area (Å²) < 4.78 is 59.3. The van der Waals surface area contributed by atoms with Crippen LogP contribution in [-0.4, -0.2) is 93.0 Å². The molecule has 8 rings (SSSR count). The summed E-state index contributed by atoms with van der Waals surface area (Å²) in [5.74, 6) is 1.72. The lowest BCUT2D eigenvalue weighted by Crippen LogP contribution is -2.63. The summed E-state index contributed by atoms with van der Waals surface area (Å²) in [6.45, 7) is 11.8. The van der Waals surface area contributed by atoms with Crippen LogP contribution in [0.4, 0.5) is 23.8 Å². The molecule has 9 nitrogen and oxygen atoms in total. The predicted octanol–water partition coefficient (Wildman–Crippen LogP) is 7.46. The fraction of sp³-hybridized carbons (Fsp3) is 0.512. The second-order valence-corrected chi connectivity index (χ2v) is 16.2. The number of hydrogen-bond acceptors (Lipinski definition) is 8. The number of hydrogen-bond donors (Lipinski definition) is 0. The van der Waals surface area contributed by atoms with Gasteiger partial charge in [0.25, 0.3) is 0 Å². The monoisotopic (exact) mass is 726 g/mol. The normalized spacial score (nSPS) is 25.9. The van der Waals surface area contributed by atoms with Gasteiger partial charge in [-0.3, -0.25) is 4.90 Å². The van der Waals surface area contributed by atoms with Crippen molar-refractivity contribution < 1.29 is 27.4 Å². The van der Waals surface area contributed by atoms with Crippen molar-refractivity contribution in [1.29, 1.82) is 0 Å². The number of carbonyl (C=O) groups is 1. The Morgan fingerprint density at radius 1 is 1.08 bits per heavy atom. The number of nitrogens with zero attached hydrogens (tertiary/aromatic N) is 6. The van der Waals surface area contributed by atoms with Crippen LogP contribution in [0.3, 0.4) is 0 Å². The maximum Gasteiger partial charge on any atom is 0.410 e. The summed E-state index contributed by atoms with van der Waals surface area (Å²) in [5, 5.41) is 1.53. The lowest BCUT2D eigenvalue weighted by Gasteiger charge is -2.50. The van der Waals surface area contributed by atoms with Crippen LogP contribution in [0.5, 0.6) is 6.01 Å². The Labute approximate surface area is 307 Å². The summed E-state index contributed by atoms with van der Waals surface area (Å²) in [6.07, 6.45) is 7.73. The Bertz CT molecular complexity index is 2170. The van der Waals surface area contributed by atoms with E-state index in [1.165, 1.54) is 6.07 Å². The van der Waals surface area contributed by atoms with E-state index < -0.39 is 28.9 Å². The van der Waals surface area contributed by atoms with Gasteiger partial charge in [0.2, 0.25) is 0 Å². The van der Waals surface area contributed by atoms with Gasteiger partial charge in [-0.25, -0.2) is 22.9 Å². The highest BCUT2D eigenvalue weighted by Gasteiger charge is 2.50. The van der Waals surface area contributed by atoms with Crippen LogP contribution in [0.25, 0.3) is 32.9 Å². The Balaban J connectivity index is 1.30. The quantitative estimate of drug-likeness (QED) is 0.201. The van der Waals surface area contributed by atoms with Gasteiger partial charge in [-0.15, -0.1) is 6.42 Å². The predicted molar refractivity (Wildman–Crippen MR) is 198 cm³/mol. The van der Waals surface area contributed by atoms with Crippen molar-refractivity contribution in [3.63, 3.8) is 0 Å². The number of carbonyl (C=O) groups excluding carboxylic acids is 1. The molecule has 0 N–H and O–H groups in total. The van der Waals surface area contributed by atoms with Crippen LogP contribution < -0.4 is 9.64 Å². The number of halogens is 3. The number of ether oxygens (including phenoxy) is 2. The highest BCUT2D eigenvalue weighted by Crippen LogP contribution is 2.44. The molecule has 0 bridgehead atoms. The number of terminal acetylenes is 1. The van der Waals surface area contributed by atoms with Gasteiger partial charge in [0, 0.05) is 37.0 Å². The number of pyridine rings is 1. The first-order valence-corrected chi connectivity index (χ1v) is 18.6. The minimum atomic E-state index is -0.943. The number of aryl methyl sites for hydroxylation is 1. The smallest absolute Gasteiger partial charge is 0.410 e. The molecule has 2 aromatic heterocycles. The highest BCUT2D eigenvalue weighted by molar-refractivity contribution is 6.02. The maximum absolute atomic E-state index is 17.4. The molecule has 0 radical (unpaired) electrons. The third-order valence-corrected chi connectivity index (χ3v) is 11.7. The Kier molecular flexibility index (Phi) is 8.71. The number of aromatic nitrogens is 3. The molecule has 0 unspecified atom stereocenters. The van der Waals surface area contributed by atoms with Crippen molar-refractivity contribution >= 4 is 33.6 Å². The van der Waals surface area contributed by atoms with Gasteiger partial charge >= 0.3 is 12.1 Å². The van der Waals surface area contributed by atoms with Gasteiger partial charge in [0.05, 0.1) is 34.3 Å². The molecule has 0 saturated carbocycles. The maximum atomic E-state index is 17.4. The lowest BCUT2D eigenvalue weighted by atomic mass is 9.85. The van der Waals surface area contributed by atoms with Crippen LogP contribution in [0, 0.1) is 29.9 Å². The fourth-order valence-electron chi connectivity index (χ4n) is 9.33. The second-order valence-electron chi connectivity index (χ2n) is 16.2. The first-order valence-electron chi connectivity index (χ1n) is 18.6. The fourth-order valence-corrected chi connectivity index (χ4v) is 9.33. The summed E-state index contributed by atoms with van der Waals surface area (Å²) in [4.78, 5) is 34.2. The molecule has 1 amide bonds. The zero-order valence-corrected chi connectivity index (χ0v) is 30.9. The third-order valence-electron chi connectivity index (χ3n) is 11.7. The first kappa shape index (κ1) is 35.4. The van der Waals surface area contributed by atoms with Gasteiger partial charge in [-0.2, -0.15) is 9.97 Å². The average molecular weight is 727 g/mol. The number of anilines is 1. The minimum absolute atomic E-state index is 0.0134. The average Bonchev–Trinajstić information content (AvgIpc) is 3.64. The zero-order chi connectivity index (χ0) is 37.4. The number of benzene rings is 2. The highest BCUT2D eigenvalue weighted by atomic mass is 19.1. The first-order chi connectivity index (χ1) is 25.3. The molecular weight excluding hydrogens is 681 g/mol. The van der Waals surface area contributed by atoms with E-state index >= 15 is 8.78 Å². The van der Waals surface area contributed by atoms with Gasteiger partial charge in [-0.05, 0) is 77.3 Å². The van der Waals surface area contributed by atoms with Gasteiger partial charge < -0.3 is 19.3 Å². The van der Waals surface area contributed by atoms with Crippen molar-refractivity contribution in [2.75, 3.05) is 37.7 Å². The summed E-state index contributed by atoms with van der Waals surface area (Å²) in [5.41, 5.74) is -0.0744. The van der Waals surface area contributed by atoms with E-state index in [4.69, 9.17) is 30.8 Å². The molecule has 12 heteroatoms. The summed E-state index contributed by atoms with van der Waals surface area (Å²) >= 11 is 0. The van der Waals surface area contributed by atoms with Crippen LogP contribution in [0.2, 0.25) is 0 Å². The molecule has 4 aliphatic rings. The Morgan fingerprint density at radius 3 is 2.66 bits per heavy atom. The molecule has 0 spiro atoms. The van der Waals surface area contributed by atoms with E-state index in [2.05, 4.69) is 22.6 Å². The molecule has 53 heavy (non-hydrogen) atoms. The number of fused-ring (bicyclic) bond motifs is 4. The molecular formula is C41H45F3N6O3. The Hall–Kier alpha value is -4.63. The summed E-state index contributed by atoms with van der Waals surface area (Å²) in [6, 6.07) is 7.75. The van der Waals surface area contributed by atoms with Crippen molar-refractivity contribution in [2.24, 2.45) is 5.92 Å². The van der Waals surface area contributed by atoms with Crippen LogP contribution >= 0.6 is 0 Å². The van der Waals surface area contributed by atoms with Crippen molar-refractivity contribution in [2.45, 2.75) is 96.1 Å². The van der Waals surface area contributed by atoms with E-state index in [0.717, 1.165) is 19.4 Å². The van der Waals surface area contributed by atoms with E-state index in [-0.39, 0.29) is 53.5 Å². The number of rotatable bonds is 4. The van der Waals surface area contributed by atoms with E-state index in [9.17, 15) is 9.18 Å². The van der Waals surface area contributed by atoms with Crippen LogP contribution in [0.1, 0.15) is 71.6 Å². The van der Waals surface area contributed by atoms with E-state index in [1.54, 1.807) is 29.2 Å². The topological polar surface area (TPSA) is 83.9 Å². The van der Waals surface area contributed by atoms with E-state index in [1.807, 2.05) is 27.7 Å². The molecule has 2 aromatic carbocycles. The second kappa shape index (κ2) is 13.0. The van der Waals surface area contributed by atoms with E-state index in [0.29, 0.717) is 72.1 Å². The summed E-state index contributed by atoms with van der Waals surface area (Å²) in [7, 11) is 0. The van der Waals surface area contributed by atoms with Crippen LogP contribution in [-0.2, 0) is 11.2 Å². The molecule has 5 atom stereocenters. The largest absolute Gasteiger partial charge is 0.461 e.